The molecule has 10 heavy (non-hydrogen) atoms. The summed E-state index contributed by atoms with van der Waals surface area (Å²) in [6.45, 7) is 8.00. The smallest absolute Gasteiger partial charge is 0.0345 e. The molecule has 1 rings (SSSR count). The first-order valence-electron chi connectivity index (χ1n) is 3.28. The van der Waals surface area contributed by atoms with Crippen molar-refractivity contribution in [2.24, 2.45) is 0 Å². The van der Waals surface area contributed by atoms with Gasteiger partial charge in [-0.25, -0.2) is 0 Å². The summed E-state index contributed by atoms with van der Waals surface area (Å²) in [6, 6.07) is 1.92. The molecule has 0 saturated heterocycles. The molecule has 0 amide bonds. The minimum Gasteiger partial charge on any atom is -0.264 e. The first-order valence-corrected chi connectivity index (χ1v) is 3.28. The third kappa shape index (κ3) is 1.24. The number of nitrogens with zero attached hydrogens (tertiary/aromatic N) is 1. The van der Waals surface area contributed by atoms with Crippen molar-refractivity contribution in [1.29, 1.82) is 0 Å². The monoisotopic (exact) mass is 133 g/mol. The van der Waals surface area contributed by atoms with Crippen LogP contribution in [0.4, 0.5) is 0 Å². The zero-order valence-corrected chi connectivity index (χ0v) is 6.39. The highest BCUT2D eigenvalue weighted by atomic mass is 14.6. The Balaban J connectivity index is 3.60. The molecule has 1 aromatic rings. The Labute approximate surface area is 60.7 Å². The molecular weight excluding hydrogens is 122 g/mol. The van der Waals surface area contributed by atoms with Crippen LogP contribution < -0.4 is 10.4 Å². The zero-order chi connectivity index (χ0) is 7.56. The lowest BCUT2D eigenvalue weighted by Crippen LogP contribution is -2.24. The summed E-state index contributed by atoms with van der Waals surface area (Å²) in [7, 11) is 0. The largest absolute Gasteiger partial charge is 0.264 e. The van der Waals surface area contributed by atoms with Gasteiger partial charge in [0.1, 0.15) is 0 Å². The average Bonchev–Trinajstić information content (AvgIpc) is 1.88. The van der Waals surface area contributed by atoms with Crippen LogP contribution in [-0.4, -0.2) is 4.98 Å². The van der Waals surface area contributed by atoms with Crippen LogP contribution in [0, 0.1) is 0 Å². The van der Waals surface area contributed by atoms with Crippen LogP contribution in [0.3, 0.4) is 0 Å². The molecule has 52 valence electrons. The molecular formula is C9H11N. The van der Waals surface area contributed by atoms with Gasteiger partial charge in [0.2, 0.25) is 0 Å². The summed E-state index contributed by atoms with van der Waals surface area (Å²) in [6.07, 6.45) is 3.60. The molecule has 0 radical (unpaired) electrons. The van der Waals surface area contributed by atoms with Crippen molar-refractivity contribution in [2.45, 2.75) is 13.8 Å². The number of hydrogen-bond donors (Lipinski definition) is 0. The Kier molecular flexibility index (Phi) is 1.86. The van der Waals surface area contributed by atoms with Crippen LogP contribution in [0.15, 0.2) is 18.5 Å². The summed E-state index contributed by atoms with van der Waals surface area (Å²) in [4.78, 5) is 4.01. The first-order chi connectivity index (χ1) is 4.72. The van der Waals surface area contributed by atoms with Gasteiger partial charge in [0.25, 0.3) is 0 Å². The number of pyridine rings is 1. The van der Waals surface area contributed by atoms with Gasteiger partial charge in [0, 0.05) is 12.4 Å². The van der Waals surface area contributed by atoms with Gasteiger partial charge >= 0.3 is 0 Å². The van der Waals surface area contributed by atoms with Gasteiger partial charge in [-0.15, -0.1) is 0 Å². The lowest BCUT2D eigenvalue weighted by Gasteiger charge is -1.89. The standard InChI is InChI=1S/C9H11N/c1-7(2)9-6-10-5-4-8(9)3/h4-6H,3H2,1-2H3. The maximum Gasteiger partial charge on any atom is 0.0345 e. The minimum absolute atomic E-state index is 1.05. The number of hydrogen-bond acceptors (Lipinski definition) is 1. The highest BCUT2D eigenvalue weighted by Crippen LogP contribution is 1.80. The van der Waals surface area contributed by atoms with E-state index in [0.29, 0.717) is 0 Å². The van der Waals surface area contributed by atoms with Crippen molar-refractivity contribution in [3.8, 4) is 0 Å². The van der Waals surface area contributed by atoms with Crippen LogP contribution >= 0.6 is 0 Å². The van der Waals surface area contributed by atoms with E-state index >= 15 is 0 Å². The first kappa shape index (κ1) is 7.00. The normalized spacial score (nSPS) is 9.40. The highest BCUT2D eigenvalue weighted by Gasteiger charge is 1.82. The van der Waals surface area contributed by atoms with Crippen LogP contribution in [0.25, 0.3) is 12.2 Å². The van der Waals surface area contributed by atoms with Gasteiger partial charge in [0.15, 0.2) is 0 Å². The van der Waals surface area contributed by atoms with E-state index in [0.717, 1.165) is 10.4 Å². The molecule has 0 unspecified atom stereocenters. The van der Waals surface area contributed by atoms with Crippen molar-refractivity contribution >= 4 is 12.2 Å². The van der Waals surface area contributed by atoms with E-state index in [2.05, 4.69) is 25.4 Å². The molecule has 1 heteroatoms. The number of rotatable bonds is 0. The van der Waals surface area contributed by atoms with Crippen molar-refractivity contribution in [1.82, 2.24) is 4.98 Å². The van der Waals surface area contributed by atoms with Gasteiger partial charge < -0.3 is 0 Å². The Bertz CT molecular complexity index is 321. The summed E-state index contributed by atoms with van der Waals surface area (Å²) < 4.78 is 0. The van der Waals surface area contributed by atoms with E-state index in [1.807, 2.05) is 12.3 Å². The summed E-state index contributed by atoms with van der Waals surface area (Å²) in [5.74, 6) is 0. The molecule has 0 aromatic carbocycles. The Hall–Kier alpha value is -1.11. The summed E-state index contributed by atoms with van der Waals surface area (Å²) in [5.41, 5.74) is 1.26. The molecule has 1 aromatic heterocycles. The van der Waals surface area contributed by atoms with Crippen LogP contribution in [0.2, 0.25) is 0 Å². The van der Waals surface area contributed by atoms with Crippen LogP contribution in [-0.2, 0) is 0 Å². The third-order valence-corrected chi connectivity index (χ3v) is 1.45. The highest BCUT2D eigenvalue weighted by molar-refractivity contribution is 5.38. The minimum atomic E-state index is 1.05. The second-order valence-electron chi connectivity index (χ2n) is 2.53. The van der Waals surface area contributed by atoms with Crippen molar-refractivity contribution in [2.75, 3.05) is 0 Å². The zero-order valence-electron chi connectivity index (χ0n) is 6.39. The topological polar surface area (TPSA) is 12.9 Å². The van der Waals surface area contributed by atoms with E-state index in [1.165, 1.54) is 5.57 Å². The van der Waals surface area contributed by atoms with Gasteiger partial charge in [-0.1, -0.05) is 12.2 Å². The van der Waals surface area contributed by atoms with Gasteiger partial charge in [-0.2, -0.15) is 0 Å². The number of aromatic nitrogens is 1. The molecule has 0 bridgehead atoms. The summed E-state index contributed by atoms with van der Waals surface area (Å²) >= 11 is 0. The second-order valence-corrected chi connectivity index (χ2v) is 2.53. The van der Waals surface area contributed by atoms with Crippen molar-refractivity contribution in [3.63, 3.8) is 0 Å². The van der Waals surface area contributed by atoms with E-state index in [9.17, 15) is 0 Å². The molecule has 0 saturated carbocycles. The molecule has 0 aliphatic carbocycles. The Morgan fingerprint density at radius 3 is 2.60 bits per heavy atom. The average molecular weight is 133 g/mol. The maximum atomic E-state index is 4.01. The predicted molar refractivity (Wildman–Crippen MR) is 43.8 cm³/mol. The fourth-order valence-corrected chi connectivity index (χ4v) is 0.873. The Morgan fingerprint density at radius 1 is 1.50 bits per heavy atom. The third-order valence-electron chi connectivity index (χ3n) is 1.45. The SMILES string of the molecule is C=c1ccncc1=C(C)C. The van der Waals surface area contributed by atoms with E-state index in [4.69, 9.17) is 0 Å². The fraction of sp³-hybridized carbons (Fsp3) is 0.222. The second kappa shape index (κ2) is 2.65. The molecule has 0 atom stereocenters. The lowest BCUT2D eigenvalue weighted by atomic mass is 10.2. The molecule has 0 fully saturated rings. The van der Waals surface area contributed by atoms with Crippen LogP contribution in [0.5, 0.6) is 0 Å². The molecule has 1 heterocycles. The van der Waals surface area contributed by atoms with Gasteiger partial charge in [0.05, 0.1) is 0 Å². The Morgan fingerprint density at radius 2 is 2.20 bits per heavy atom. The van der Waals surface area contributed by atoms with E-state index in [1.54, 1.807) is 6.20 Å². The quantitative estimate of drug-likeness (QED) is 0.507. The van der Waals surface area contributed by atoms with Crippen molar-refractivity contribution < 1.29 is 0 Å². The summed E-state index contributed by atoms with van der Waals surface area (Å²) in [5, 5.41) is 2.21. The van der Waals surface area contributed by atoms with E-state index in [-0.39, 0.29) is 0 Å². The van der Waals surface area contributed by atoms with Crippen LogP contribution in [0.1, 0.15) is 13.8 Å². The van der Waals surface area contributed by atoms with Gasteiger partial charge in [-0.3, -0.25) is 4.98 Å². The van der Waals surface area contributed by atoms with E-state index < -0.39 is 0 Å². The van der Waals surface area contributed by atoms with Gasteiger partial charge in [-0.05, 0) is 30.4 Å². The molecule has 0 spiro atoms. The molecule has 0 N–H and O–H groups in total. The lowest BCUT2D eigenvalue weighted by molar-refractivity contribution is 1.26. The predicted octanol–water partition coefficient (Wildman–Crippen LogP) is 0.682. The molecule has 1 nitrogen and oxygen atoms in total. The fourth-order valence-electron chi connectivity index (χ4n) is 0.873. The molecule has 0 aliphatic rings. The maximum absolute atomic E-state index is 4.01. The van der Waals surface area contributed by atoms with Crippen molar-refractivity contribution in [3.05, 3.63) is 28.9 Å². The molecule has 0 aliphatic heterocycles.